The molecule has 0 unspecified atom stereocenters. The molecule has 1 aromatic heterocycles. The van der Waals surface area contributed by atoms with Gasteiger partial charge in [0, 0.05) is 43.3 Å². The SMILES string of the molecule is NCc1cccc(C2CCN(C(=O)c3cn(CC4CC4)c4ccccc34)CC2)c1.O=C(O)C(F)(F)F. The van der Waals surface area contributed by atoms with Crippen LogP contribution in [0, 0.1) is 5.92 Å². The summed E-state index contributed by atoms with van der Waals surface area (Å²) in [5.41, 5.74) is 10.4. The molecule has 1 saturated carbocycles. The molecule has 2 aliphatic rings. The summed E-state index contributed by atoms with van der Waals surface area (Å²) in [6.45, 7) is 3.25. The van der Waals surface area contributed by atoms with E-state index in [2.05, 4.69) is 53.2 Å². The fourth-order valence-electron chi connectivity index (χ4n) is 4.71. The van der Waals surface area contributed by atoms with Gasteiger partial charge in [-0.1, -0.05) is 42.5 Å². The number of nitrogens with two attached hydrogens (primary N) is 1. The molecule has 0 spiro atoms. The van der Waals surface area contributed by atoms with E-state index in [-0.39, 0.29) is 5.91 Å². The van der Waals surface area contributed by atoms with Crippen molar-refractivity contribution in [2.45, 2.75) is 50.9 Å². The summed E-state index contributed by atoms with van der Waals surface area (Å²) in [4.78, 5) is 24.3. The lowest BCUT2D eigenvalue weighted by atomic mass is 9.88. The number of benzene rings is 2. The largest absolute Gasteiger partial charge is 0.490 e. The molecule has 0 radical (unpaired) electrons. The number of para-hydroxylation sites is 1. The molecule has 5 rings (SSSR count). The zero-order chi connectivity index (χ0) is 25.9. The Labute approximate surface area is 207 Å². The maximum Gasteiger partial charge on any atom is 0.490 e. The number of carbonyl (C=O) groups excluding carboxylic acids is 1. The highest BCUT2D eigenvalue weighted by molar-refractivity contribution is 6.07. The van der Waals surface area contributed by atoms with Gasteiger partial charge in [0.05, 0.1) is 5.56 Å². The Morgan fingerprint density at radius 2 is 1.67 bits per heavy atom. The summed E-state index contributed by atoms with van der Waals surface area (Å²) in [6, 6.07) is 17.0. The Bertz CT molecular complexity index is 1230. The molecule has 2 heterocycles. The van der Waals surface area contributed by atoms with Crippen molar-refractivity contribution in [1.29, 1.82) is 0 Å². The number of hydrogen-bond donors (Lipinski definition) is 2. The number of carboxylic acid groups (broad SMARTS) is 1. The summed E-state index contributed by atoms with van der Waals surface area (Å²) < 4.78 is 34.0. The third kappa shape index (κ3) is 6.07. The van der Waals surface area contributed by atoms with Gasteiger partial charge in [0.15, 0.2) is 0 Å². The number of nitrogens with zero attached hydrogens (tertiary/aromatic N) is 2. The number of aliphatic carboxylic acids is 1. The molecule has 3 N–H and O–H groups in total. The van der Waals surface area contributed by atoms with Gasteiger partial charge in [-0.25, -0.2) is 4.79 Å². The van der Waals surface area contributed by atoms with Gasteiger partial charge in [-0.3, -0.25) is 4.79 Å². The number of piperidine rings is 1. The van der Waals surface area contributed by atoms with Crippen molar-refractivity contribution < 1.29 is 27.9 Å². The first-order valence-electron chi connectivity index (χ1n) is 12.1. The van der Waals surface area contributed by atoms with Crippen LogP contribution in [0.4, 0.5) is 13.2 Å². The van der Waals surface area contributed by atoms with E-state index in [0.29, 0.717) is 12.5 Å². The second kappa shape index (κ2) is 10.7. The zero-order valence-electron chi connectivity index (χ0n) is 19.9. The third-order valence-corrected chi connectivity index (χ3v) is 6.85. The number of carboxylic acids is 1. The van der Waals surface area contributed by atoms with Crippen LogP contribution in [0.5, 0.6) is 0 Å². The average molecular weight is 502 g/mol. The second-order valence-electron chi connectivity index (χ2n) is 9.47. The molecule has 192 valence electrons. The maximum absolute atomic E-state index is 13.4. The molecular formula is C27H30F3N3O3. The predicted molar refractivity (Wildman–Crippen MR) is 131 cm³/mol. The molecule has 2 fully saturated rings. The van der Waals surface area contributed by atoms with Gasteiger partial charge in [0.2, 0.25) is 0 Å². The third-order valence-electron chi connectivity index (χ3n) is 6.85. The van der Waals surface area contributed by atoms with Crippen LogP contribution in [-0.4, -0.2) is 45.7 Å². The fraction of sp³-hybridized carbons (Fsp3) is 0.407. The lowest BCUT2D eigenvalue weighted by molar-refractivity contribution is -0.192. The molecule has 1 amide bonds. The maximum atomic E-state index is 13.4. The molecular weight excluding hydrogens is 471 g/mol. The highest BCUT2D eigenvalue weighted by Gasteiger charge is 2.38. The van der Waals surface area contributed by atoms with Gasteiger partial charge in [0.25, 0.3) is 5.91 Å². The first-order chi connectivity index (χ1) is 17.2. The first-order valence-corrected chi connectivity index (χ1v) is 12.1. The number of carbonyl (C=O) groups is 2. The molecule has 1 aliphatic heterocycles. The van der Waals surface area contributed by atoms with E-state index in [0.717, 1.165) is 49.3 Å². The quantitative estimate of drug-likeness (QED) is 0.505. The number of rotatable bonds is 5. The molecule has 3 aromatic rings. The monoisotopic (exact) mass is 501 g/mol. The van der Waals surface area contributed by atoms with E-state index < -0.39 is 12.1 Å². The number of amides is 1. The van der Waals surface area contributed by atoms with Crippen molar-refractivity contribution in [1.82, 2.24) is 9.47 Å². The molecule has 0 bridgehead atoms. The molecule has 6 nitrogen and oxygen atoms in total. The number of alkyl halides is 3. The van der Waals surface area contributed by atoms with Crippen molar-refractivity contribution in [3.63, 3.8) is 0 Å². The smallest absolute Gasteiger partial charge is 0.475 e. The van der Waals surface area contributed by atoms with Gasteiger partial charge in [-0.15, -0.1) is 0 Å². The summed E-state index contributed by atoms with van der Waals surface area (Å²) >= 11 is 0. The molecule has 36 heavy (non-hydrogen) atoms. The number of hydrogen-bond acceptors (Lipinski definition) is 3. The Morgan fingerprint density at radius 1 is 1.00 bits per heavy atom. The van der Waals surface area contributed by atoms with E-state index in [4.69, 9.17) is 15.6 Å². The summed E-state index contributed by atoms with van der Waals surface area (Å²) in [5.74, 6) is -1.27. The lowest BCUT2D eigenvalue weighted by Crippen LogP contribution is -2.37. The van der Waals surface area contributed by atoms with Gasteiger partial charge >= 0.3 is 12.1 Å². The summed E-state index contributed by atoms with van der Waals surface area (Å²) in [7, 11) is 0. The fourth-order valence-corrected chi connectivity index (χ4v) is 4.71. The van der Waals surface area contributed by atoms with Gasteiger partial charge < -0.3 is 20.3 Å². The van der Waals surface area contributed by atoms with Crippen LogP contribution >= 0.6 is 0 Å². The Balaban J connectivity index is 0.000000384. The van der Waals surface area contributed by atoms with Crippen LogP contribution in [0.15, 0.2) is 54.7 Å². The van der Waals surface area contributed by atoms with Crippen LogP contribution in [0.2, 0.25) is 0 Å². The van der Waals surface area contributed by atoms with E-state index in [1.165, 1.54) is 29.5 Å². The van der Waals surface area contributed by atoms with E-state index in [1.807, 2.05) is 11.0 Å². The van der Waals surface area contributed by atoms with Crippen LogP contribution in [0.1, 0.15) is 53.1 Å². The Kier molecular flexibility index (Phi) is 7.68. The zero-order valence-corrected chi connectivity index (χ0v) is 19.9. The Hall–Kier alpha value is -3.33. The minimum absolute atomic E-state index is 0.185. The molecule has 1 aliphatic carbocycles. The normalized spacial score (nSPS) is 16.5. The van der Waals surface area contributed by atoms with Crippen LogP contribution in [0.3, 0.4) is 0 Å². The highest BCUT2D eigenvalue weighted by atomic mass is 19.4. The predicted octanol–water partition coefficient (Wildman–Crippen LogP) is 5.16. The summed E-state index contributed by atoms with van der Waals surface area (Å²) in [5, 5.41) is 8.22. The standard InChI is InChI=1S/C25H29N3O.C2HF3O2/c26-15-19-4-3-5-21(14-19)20-10-12-27(13-11-20)25(29)23-17-28(16-18-8-9-18)24-7-2-1-6-22(23)24;3-2(4,5)1(6)7/h1-7,14,17-18,20H,8-13,15-16,26H2;(H,6,7). The van der Waals surface area contributed by atoms with Gasteiger partial charge in [-0.2, -0.15) is 13.2 Å². The number of fused-ring (bicyclic) bond motifs is 1. The number of aromatic nitrogens is 1. The van der Waals surface area contributed by atoms with Gasteiger partial charge in [-0.05, 0) is 54.7 Å². The number of halogens is 3. The van der Waals surface area contributed by atoms with Crippen LogP contribution in [-0.2, 0) is 17.9 Å². The van der Waals surface area contributed by atoms with E-state index in [1.54, 1.807) is 0 Å². The first kappa shape index (κ1) is 25.8. The molecule has 1 saturated heterocycles. The van der Waals surface area contributed by atoms with Crippen molar-refractivity contribution >= 4 is 22.8 Å². The van der Waals surface area contributed by atoms with E-state index in [9.17, 15) is 18.0 Å². The summed E-state index contributed by atoms with van der Waals surface area (Å²) in [6.07, 6.45) is 1.67. The van der Waals surface area contributed by atoms with Gasteiger partial charge in [0.1, 0.15) is 0 Å². The van der Waals surface area contributed by atoms with Crippen molar-refractivity contribution in [2.75, 3.05) is 13.1 Å². The minimum atomic E-state index is -5.08. The highest BCUT2D eigenvalue weighted by Crippen LogP contribution is 2.34. The Morgan fingerprint density at radius 3 is 2.28 bits per heavy atom. The van der Waals surface area contributed by atoms with Crippen molar-refractivity contribution in [2.24, 2.45) is 11.7 Å². The topological polar surface area (TPSA) is 88.6 Å². The second-order valence-corrected chi connectivity index (χ2v) is 9.47. The number of likely N-dealkylation sites (tertiary alicyclic amines) is 1. The van der Waals surface area contributed by atoms with Crippen LogP contribution in [0.25, 0.3) is 10.9 Å². The van der Waals surface area contributed by atoms with Crippen molar-refractivity contribution in [3.05, 3.63) is 71.4 Å². The molecule has 2 aromatic carbocycles. The van der Waals surface area contributed by atoms with Crippen LogP contribution < -0.4 is 5.73 Å². The molecule has 9 heteroatoms. The minimum Gasteiger partial charge on any atom is -0.475 e. The van der Waals surface area contributed by atoms with Crippen molar-refractivity contribution in [3.8, 4) is 0 Å². The molecule has 0 atom stereocenters. The lowest BCUT2D eigenvalue weighted by Gasteiger charge is -2.32. The average Bonchev–Trinajstić information content (AvgIpc) is 3.63. The van der Waals surface area contributed by atoms with E-state index >= 15 is 0 Å².